The first-order chi connectivity index (χ1) is 9.37. The van der Waals surface area contributed by atoms with Crippen LogP contribution >= 0.6 is 0 Å². The average molecular weight is 283 g/mol. The Morgan fingerprint density at radius 1 is 1.35 bits per heavy atom. The van der Waals surface area contributed by atoms with E-state index >= 15 is 0 Å². The van der Waals surface area contributed by atoms with Gasteiger partial charge in [0.1, 0.15) is 5.60 Å². The first kappa shape index (κ1) is 15.1. The second-order valence-electron chi connectivity index (χ2n) is 6.52. The number of hydrogen-bond acceptors (Lipinski definition) is 4. The van der Waals surface area contributed by atoms with E-state index in [0.717, 1.165) is 25.9 Å². The summed E-state index contributed by atoms with van der Waals surface area (Å²) in [7, 11) is 0. The molecule has 0 bridgehead atoms. The Morgan fingerprint density at radius 3 is 2.60 bits per heavy atom. The molecule has 2 heterocycles. The maximum atomic E-state index is 12.2. The number of carbonyl (C=O) groups is 2. The van der Waals surface area contributed by atoms with Crippen molar-refractivity contribution in [2.24, 2.45) is 5.92 Å². The molecule has 2 rings (SSSR count). The minimum absolute atomic E-state index is 0.0226. The van der Waals surface area contributed by atoms with Crippen molar-refractivity contribution in [1.82, 2.24) is 15.3 Å². The van der Waals surface area contributed by atoms with Crippen LogP contribution in [0.3, 0.4) is 0 Å². The van der Waals surface area contributed by atoms with E-state index in [1.807, 2.05) is 20.8 Å². The summed E-state index contributed by atoms with van der Waals surface area (Å²) in [6.07, 6.45) is 2.07. The lowest BCUT2D eigenvalue weighted by atomic mass is 9.98. The van der Waals surface area contributed by atoms with E-state index in [1.165, 1.54) is 5.01 Å². The van der Waals surface area contributed by atoms with Crippen molar-refractivity contribution in [2.45, 2.75) is 45.6 Å². The molecule has 2 aliphatic heterocycles. The van der Waals surface area contributed by atoms with Gasteiger partial charge in [0.25, 0.3) is 0 Å². The van der Waals surface area contributed by atoms with Crippen LogP contribution in [0.15, 0.2) is 0 Å². The first-order valence-electron chi connectivity index (χ1n) is 7.38. The smallest absolute Gasteiger partial charge is 0.429 e. The average Bonchev–Trinajstić information content (AvgIpc) is 2.70. The lowest BCUT2D eigenvalue weighted by Gasteiger charge is -2.33. The van der Waals surface area contributed by atoms with Crippen molar-refractivity contribution in [1.29, 1.82) is 0 Å². The summed E-state index contributed by atoms with van der Waals surface area (Å²) in [6, 6.07) is 0. The molecule has 2 aliphatic rings. The Balaban J connectivity index is 1.97. The molecule has 0 aromatic rings. The molecular weight excluding hydrogens is 258 g/mol. The fraction of sp³-hybridized carbons (Fsp3) is 0.857. The van der Waals surface area contributed by atoms with Crippen molar-refractivity contribution < 1.29 is 14.3 Å². The van der Waals surface area contributed by atoms with Crippen LogP contribution in [0.5, 0.6) is 0 Å². The first-order valence-corrected chi connectivity index (χ1v) is 7.38. The van der Waals surface area contributed by atoms with Gasteiger partial charge in [0.05, 0.1) is 6.54 Å². The maximum absolute atomic E-state index is 12.2. The largest absolute Gasteiger partial charge is 0.442 e. The molecule has 2 amide bonds. The molecule has 2 fully saturated rings. The zero-order valence-electron chi connectivity index (χ0n) is 12.6. The summed E-state index contributed by atoms with van der Waals surface area (Å²) in [5, 5.41) is 6.36. The van der Waals surface area contributed by atoms with Crippen LogP contribution in [0.1, 0.15) is 40.0 Å². The Labute approximate surface area is 120 Å². The SMILES string of the molecule is CC(C)(C)OC(=O)N1CCC(=O)N1CC1CCNCC1. The lowest BCUT2D eigenvalue weighted by Crippen LogP contribution is -2.48. The predicted octanol–water partition coefficient (Wildman–Crippen LogP) is 1.37. The van der Waals surface area contributed by atoms with Gasteiger partial charge in [-0.15, -0.1) is 0 Å². The number of nitrogens with one attached hydrogen (secondary N) is 1. The number of ether oxygens (including phenoxy) is 1. The molecule has 0 radical (unpaired) electrons. The third-order valence-corrected chi connectivity index (χ3v) is 3.61. The highest BCUT2D eigenvalue weighted by Gasteiger charge is 2.36. The van der Waals surface area contributed by atoms with E-state index in [2.05, 4.69) is 5.32 Å². The van der Waals surface area contributed by atoms with Gasteiger partial charge < -0.3 is 10.1 Å². The highest BCUT2D eigenvalue weighted by molar-refractivity contribution is 5.82. The second kappa shape index (κ2) is 5.99. The van der Waals surface area contributed by atoms with Gasteiger partial charge >= 0.3 is 6.09 Å². The van der Waals surface area contributed by atoms with Gasteiger partial charge in [-0.05, 0) is 52.6 Å². The number of rotatable bonds is 2. The predicted molar refractivity (Wildman–Crippen MR) is 74.9 cm³/mol. The molecule has 0 aliphatic carbocycles. The van der Waals surface area contributed by atoms with E-state index in [4.69, 9.17) is 4.74 Å². The van der Waals surface area contributed by atoms with Gasteiger partial charge in [0.15, 0.2) is 0 Å². The standard InChI is InChI=1S/C14H25N3O3/c1-14(2,3)20-13(19)16-9-6-12(18)17(16)10-11-4-7-15-8-5-11/h11,15H,4-10H2,1-3H3. The van der Waals surface area contributed by atoms with Gasteiger partial charge in [-0.3, -0.25) is 4.79 Å². The molecule has 0 aromatic heterocycles. The highest BCUT2D eigenvalue weighted by Crippen LogP contribution is 2.21. The zero-order valence-corrected chi connectivity index (χ0v) is 12.6. The fourth-order valence-corrected chi connectivity index (χ4v) is 2.60. The van der Waals surface area contributed by atoms with E-state index in [-0.39, 0.29) is 5.91 Å². The quantitative estimate of drug-likeness (QED) is 0.831. The van der Waals surface area contributed by atoms with Gasteiger partial charge in [0.2, 0.25) is 5.91 Å². The fourth-order valence-electron chi connectivity index (χ4n) is 2.60. The van der Waals surface area contributed by atoms with E-state index < -0.39 is 11.7 Å². The Bertz CT molecular complexity index is 372. The van der Waals surface area contributed by atoms with Gasteiger partial charge in [-0.2, -0.15) is 0 Å². The number of carbonyl (C=O) groups excluding carboxylic acids is 2. The number of amides is 2. The topological polar surface area (TPSA) is 61.9 Å². The van der Waals surface area contributed by atoms with Gasteiger partial charge in [-0.1, -0.05) is 0 Å². The molecule has 0 unspecified atom stereocenters. The minimum atomic E-state index is -0.539. The summed E-state index contributed by atoms with van der Waals surface area (Å²) in [4.78, 5) is 24.1. The highest BCUT2D eigenvalue weighted by atomic mass is 16.6. The lowest BCUT2D eigenvalue weighted by molar-refractivity contribution is -0.138. The van der Waals surface area contributed by atoms with E-state index in [0.29, 0.717) is 25.4 Å². The maximum Gasteiger partial charge on any atom is 0.429 e. The number of hydrazine groups is 1. The summed E-state index contributed by atoms with van der Waals surface area (Å²) < 4.78 is 5.37. The number of nitrogens with zero attached hydrogens (tertiary/aromatic N) is 2. The number of hydrogen-bond donors (Lipinski definition) is 1. The van der Waals surface area contributed by atoms with Crippen LogP contribution < -0.4 is 5.32 Å². The molecule has 2 saturated heterocycles. The molecule has 114 valence electrons. The van der Waals surface area contributed by atoms with Crippen LogP contribution in [0.4, 0.5) is 4.79 Å². The normalized spacial score (nSPS) is 21.4. The Morgan fingerprint density at radius 2 is 2.00 bits per heavy atom. The Hall–Kier alpha value is -1.30. The summed E-state index contributed by atoms with van der Waals surface area (Å²) in [6.45, 7) is 8.52. The van der Waals surface area contributed by atoms with Gasteiger partial charge in [0, 0.05) is 13.0 Å². The monoisotopic (exact) mass is 283 g/mol. The van der Waals surface area contributed by atoms with Crippen LogP contribution in [-0.4, -0.2) is 53.8 Å². The molecule has 0 spiro atoms. The second-order valence-corrected chi connectivity index (χ2v) is 6.52. The molecule has 6 heteroatoms. The molecule has 6 nitrogen and oxygen atoms in total. The van der Waals surface area contributed by atoms with Crippen LogP contribution in [0.2, 0.25) is 0 Å². The third kappa shape index (κ3) is 3.85. The molecule has 0 aromatic carbocycles. The molecule has 1 N–H and O–H groups in total. The van der Waals surface area contributed by atoms with Crippen LogP contribution in [0.25, 0.3) is 0 Å². The van der Waals surface area contributed by atoms with Gasteiger partial charge in [-0.25, -0.2) is 14.8 Å². The van der Waals surface area contributed by atoms with Crippen molar-refractivity contribution in [2.75, 3.05) is 26.2 Å². The van der Waals surface area contributed by atoms with Crippen molar-refractivity contribution >= 4 is 12.0 Å². The summed E-state index contributed by atoms with van der Waals surface area (Å²) in [5.74, 6) is 0.484. The molecule has 0 saturated carbocycles. The third-order valence-electron chi connectivity index (χ3n) is 3.61. The molecular formula is C14H25N3O3. The van der Waals surface area contributed by atoms with Crippen molar-refractivity contribution in [3.05, 3.63) is 0 Å². The van der Waals surface area contributed by atoms with Crippen molar-refractivity contribution in [3.8, 4) is 0 Å². The van der Waals surface area contributed by atoms with Crippen LogP contribution in [-0.2, 0) is 9.53 Å². The Kier molecular flexibility index (Phi) is 4.52. The summed E-state index contributed by atoms with van der Waals surface area (Å²) >= 11 is 0. The van der Waals surface area contributed by atoms with E-state index in [1.54, 1.807) is 5.01 Å². The molecule has 0 atom stereocenters. The summed E-state index contributed by atoms with van der Waals surface area (Å²) in [5.41, 5.74) is -0.539. The zero-order chi connectivity index (χ0) is 14.8. The van der Waals surface area contributed by atoms with Crippen molar-refractivity contribution in [3.63, 3.8) is 0 Å². The van der Waals surface area contributed by atoms with Crippen LogP contribution in [0, 0.1) is 5.92 Å². The molecule has 20 heavy (non-hydrogen) atoms. The van der Waals surface area contributed by atoms with E-state index in [9.17, 15) is 9.59 Å². The minimum Gasteiger partial charge on any atom is -0.442 e. The number of piperidine rings is 1.